The summed E-state index contributed by atoms with van der Waals surface area (Å²) in [5, 5.41) is 12.3. The van der Waals surface area contributed by atoms with Crippen LogP contribution in [0.2, 0.25) is 0 Å². The number of nitrogens with zero attached hydrogens (tertiary/aromatic N) is 4. The van der Waals surface area contributed by atoms with Gasteiger partial charge in [0, 0.05) is 25.0 Å². The van der Waals surface area contributed by atoms with Crippen LogP contribution in [0.25, 0.3) is 5.52 Å². The van der Waals surface area contributed by atoms with E-state index in [0.717, 1.165) is 44.0 Å². The third kappa shape index (κ3) is 3.96. The molecule has 2 fully saturated rings. The lowest BCUT2D eigenvalue weighted by atomic mass is 9.81. The molecule has 1 saturated carbocycles. The van der Waals surface area contributed by atoms with Crippen molar-refractivity contribution in [3.63, 3.8) is 0 Å². The maximum atomic E-state index is 12.7. The second-order valence-electron chi connectivity index (χ2n) is 8.04. The number of nitrogens with one attached hydrogen (secondary N) is 1. The first-order valence-electron chi connectivity index (χ1n) is 10.3. The number of nitriles is 1. The quantitative estimate of drug-likeness (QED) is 0.814. The van der Waals surface area contributed by atoms with Gasteiger partial charge in [0.15, 0.2) is 0 Å². The van der Waals surface area contributed by atoms with Crippen LogP contribution >= 0.6 is 0 Å². The van der Waals surface area contributed by atoms with E-state index in [2.05, 4.69) is 16.4 Å². The van der Waals surface area contributed by atoms with Crippen LogP contribution in [-0.4, -0.2) is 50.8 Å². The minimum Gasteiger partial charge on any atom is -0.348 e. The zero-order valence-corrected chi connectivity index (χ0v) is 16.3. The molecule has 1 saturated heterocycles. The van der Waals surface area contributed by atoms with E-state index < -0.39 is 6.04 Å². The van der Waals surface area contributed by atoms with Crippen LogP contribution in [0.4, 0.5) is 0 Å². The number of hydrogen-bond acceptors (Lipinski definition) is 5. The molecule has 4 rings (SSSR count). The molecule has 2 amide bonds. The molecule has 0 spiro atoms. The Hall–Kier alpha value is -2.92. The summed E-state index contributed by atoms with van der Waals surface area (Å²) < 4.78 is 1.87. The molecular formula is C21H26N6O2. The summed E-state index contributed by atoms with van der Waals surface area (Å²) in [6.45, 7) is 0.620. The van der Waals surface area contributed by atoms with Gasteiger partial charge in [-0.1, -0.05) is 0 Å². The first kappa shape index (κ1) is 19.4. The summed E-state index contributed by atoms with van der Waals surface area (Å²) in [6.07, 6.45) is 10.0. The molecule has 0 aromatic carbocycles. The average molecular weight is 394 g/mol. The third-order valence-corrected chi connectivity index (χ3v) is 6.23. The molecule has 3 N–H and O–H groups in total. The van der Waals surface area contributed by atoms with Crippen molar-refractivity contribution in [2.75, 3.05) is 6.54 Å². The molecule has 2 aliphatic rings. The second-order valence-corrected chi connectivity index (χ2v) is 8.04. The van der Waals surface area contributed by atoms with Crippen molar-refractivity contribution >= 4 is 17.3 Å². The Balaban J connectivity index is 1.30. The Labute approximate surface area is 169 Å². The molecule has 1 aliphatic heterocycles. The standard InChI is InChI=1S/C21H26N6O2/c22-11-16-3-2-10-27(16)21(29)19(23)14-5-7-15(8-6-14)25-20(28)18-13-26-9-1-4-17(26)12-24-18/h1,4,9,12-16,19H,2-3,5-8,10,23H2,(H,25,28)/t14-,15-,16-,19-/m0/s1. The van der Waals surface area contributed by atoms with E-state index in [1.165, 1.54) is 0 Å². The zero-order valence-electron chi connectivity index (χ0n) is 16.3. The fraction of sp³-hybridized carbons (Fsp3) is 0.524. The number of nitrogens with two attached hydrogens (primary N) is 1. The molecule has 2 aromatic rings. The maximum Gasteiger partial charge on any atom is 0.271 e. The number of hydrogen-bond donors (Lipinski definition) is 2. The lowest BCUT2D eigenvalue weighted by molar-refractivity contribution is -0.134. The van der Waals surface area contributed by atoms with Gasteiger partial charge in [-0.3, -0.25) is 9.59 Å². The predicted octanol–water partition coefficient (Wildman–Crippen LogP) is 1.46. The van der Waals surface area contributed by atoms with Gasteiger partial charge in [-0.25, -0.2) is 4.98 Å². The number of carbonyl (C=O) groups is 2. The van der Waals surface area contributed by atoms with Gasteiger partial charge in [0.2, 0.25) is 5.91 Å². The first-order chi connectivity index (χ1) is 14.1. The van der Waals surface area contributed by atoms with E-state index in [9.17, 15) is 14.9 Å². The Morgan fingerprint density at radius 3 is 2.83 bits per heavy atom. The molecule has 1 aliphatic carbocycles. The van der Waals surface area contributed by atoms with Crippen molar-refractivity contribution in [3.8, 4) is 6.07 Å². The Kier molecular flexibility index (Phi) is 5.49. The zero-order chi connectivity index (χ0) is 20.4. The van der Waals surface area contributed by atoms with Crippen LogP contribution in [0.5, 0.6) is 0 Å². The number of aromatic nitrogens is 2. The van der Waals surface area contributed by atoms with E-state index in [0.29, 0.717) is 12.2 Å². The van der Waals surface area contributed by atoms with E-state index in [-0.39, 0.29) is 29.8 Å². The monoisotopic (exact) mass is 394 g/mol. The van der Waals surface area contributed by atoms with Crippen LogP contribution in [-0.2, 0) is 4.79 Å². The summed E-state index contributed by atoms with van der Waals surface area (Å²) >= 11 is 0. The minimum atomic E-state index is -0.571. The number of rotatable bonds is 4. The molecule has 2 atom stereocenters. The Morgan fingerprint density at radius 2 is 2.07 bits per heavy atom. The highest BCUT2D eigenvalue weighted by atomic mass is 16.2. The fourth-order valence-corrected chi connectivity index (χ4v) is 4.49. The highest BCUT2D eigenvalue weighted by molar-refractivity contribution is 5.92. The maximum absolute atomic E-state index is 12.7. The average Bonchev–Trinajstić information content (AvgIpc) is 3.41. The third-order valence-electron chi connectivity index (χ3n) is 6.23. The van der Waals surface area contributed by atoms with Gasteiger partial charge in [0.1, 0.15) is 11.7 Å². The highest BCUT2D eigenvalue weighted by Gasteiger charge is 2.36. The molecule has 29 heavy (non-hydrogen) atoms. The SMILES string of the molecule is N#C[C@@H]1CCCN1C(=O)[C@@H](N)[C@H]1CC[C@H](NC(=O)c2cn3cccc3cn2)CC1. The van der Waals surface area contributed by atoms with E-state index >= 15 is 0 Å². The molecule has 8 nitrogen and oxygen atoms in total. The molecule has 0 radical (unpaired) electrons. The van der Waals surface area contributed by atoms with Crippen molar-refractivity contribution in [2.24, 2.45) is 11.7 Å². The van der Waals surface area contributed by atoms with Crippen molar-refractivity contribution in [3.05, 3.63) is 36.4 Å². The van der Waals surface area contributed by atoms with Crippen LogP contribution in [0.15, 0.2) is 30.7 Å². The number of likely N-dealkylation sites (tertiary alicyclic amines) is 1. The van der Waals surface area contributed by atoms with Crippen molar-refractivity contribution in [1.82, 2.24) is 19.6 Å². The van der Waals surface area contributed by atoms with E-state index in [1.807, 2.05) is 22.7 Å². The van der Waals surface area contributed by atoms with E-state index in [4.69, 9.17) is 5.73 Å². The van der Waals surface area contributed by atoms with Crippen LogP contribution in [0.3, 0.4) is 0 Å². The molecule has 152 valence electrons. The lowest BCUT2D eigenvalue weighted by Gasteiger charge is -2.34. The highest BCUT2D eigenvalue weighted by Crippen LogP contribution is 2.28. The summed E-state index contributed by atoms with van der Waals surface area (Å²) in [4.78, 5) is 31.1. The topological polar surface area (TPSA) is 117 Å². The van der Waals surface area contributed by atoms with Crippen LogP contribution < -0.4 is 11.1 Å². The van der Waals surface area contributed by atoms with Gasteiger partial charge in [-0.05, 0) is 56.6 Å². The Morgan fingerprint density at radius 1 is 1.28 bits per heavy atom. The summed E-state index contributed by atoms with van der Waals surface area (Å²) in [5.74, 6) is -0.200. The molecule has 0 unspecified atom stereocenters. The summed E-state index contributed by atoms with van der Waals surface area (Å²) in [6, 6.07) is 5.19. The lowest BCUT2D eigenvalue weighted by Crippen LogP contribution is -2.50. The van der Waals surface area contributed by atoms with Crippen molar-refractivity contribution in [1.29, 1.82) is 5.26 Å². The second kappa shape index (κ2) is 8.21. The predicted molar refractivity (Wildman–Crippen MR) is 107 cm³/mol. The van der Waals surface area contributed by atoms with Crippen LogP contribution in [0.1, 0.15) is 49.0 Å². The van der Waals surface area contributed by atoms with Gasteiger partial charge in [0.25, 0.3) is 5.91 Å². The Bertz CT molecular complexity index is 940. The molecule has 3 heterocycles. The van der Waals surface area contributed by atoms with Crippen molar-refractivity contribution < 1.29 is 9.59 Å². The summed E-state index contributed by atoms with van der Waals surface area (Å²) in [5.41, 5.74) is 7.60. The van der Waals surface area contributed by atoms with Gasteiger partial charge < -0.3 is 20.4 Å². The van der Waals surface area contributed by atoms with E-state index in [1.54, 1.807) is 17.3 Å². The van der Waals surface area contributed by atoms with Gasteiger partial charge >= 0.3 is 0 Å². The minimum absolute atomic E-state index is 0.0573. The molecule has 8 heteroatoms. The smallest absolute Gasteiger partial charge is 0.271 e. The normalized spacial score (nSPS) is 25.5. The number of fused-ring (bicyclic) bond motifs is 1. The number of carbonyl (C=O) groups excluding carboxylic acids is 2. The van der Waals surface area contributed by atoms with Crippen molar-refractivity contribution in [2.45, 2.75) is 56.7 Å². The largest absolute Gasteiger partial charge is 0.348 e. The van der Waals surface area contributed by atoms with Gasteiger partial charge in [-0.15, -0.1) is 0 Å². The van der Waals surface area contributed by atoms with Gasteiger partial charge in [0.05, 0.1) is 23.8 Å². The first-order valence-corrected chi connectivity index (χ1v) is 10.3. The fourth-order valence-electron chi connectivity index (χ4n) is 4.49. The molecule has 2 aromatic heterocycles. The summed E-state index contributed by atoms with van der Waals surface area (Å²) in [7, 11) is 0. The number of amides is 2. The molecular weight excluding hydrogens is 368 g/mol. The van der Waals surface area contributed by atoms with Gasteiger partial charge in [-0.2, -0.15) is 5.26 Å². The van der Waals surface area contributed by atoms with Crippen LogP contribution in [0, 0.1) is 17.2 Å². The molecule has 0 bridgehead atoms.